The number of nitro groups is 1. The van der Waals surface area contributed by atoms with Crippen molar-refractivity contribution >= 4 is 17.9 Å². The molecule has 0 atom stereocenters. The zero-order chi connectivity index (χ0) is 18.1. The van der Waals surface area contributed by atoms with E-state index in [1.165, 1.54) is 12.3 Å². The van der Waals surface area contributed by atoms with Gasteiger partial charge >= 0.3 is 6.09 Å². The van der Waals surface area contributed by atoms with Gasteiger partial charge in [0.15, 0.2) is 0 Å². The number of benzene rings is 1. The minimum Gasteiger partial charge on any atom is -0.445 e. The molecule has 0 aliphatic rings. The number of alkyl carbamates (subject to hydrolysis) is 1. The van der Waals surface area contributed by atoms with E-state index in [1.807, 2.05) is 36.4 Å². The Kier molecular flexibility index (Phi) is 6.65. The van der Waals surface area contributed by atoms with Crippen molar-refractivity contribution in [3.63, 3.8) is 0 Å². The van der Waals surface area contributed by atoms with Crippen LogP contribution in [0.1, 0.15) is 23.2 Å². The molecular weight excluding hydrogens is 322 g/mol. The first-order valence-corrected chi connectivity index (χ1v) is 7.78. The van der Waals surface area contributed by atoms with Crippen LogP contribution in [0.3, 0.4) is 0 Å². The van der Waals surface area contributed by atoms with Gasteiger partial charge < -0.3 is 10.1 Å². The first-order valence-electron chi connectivity index (χ1n) is 7.78. The molecule has 0 saturated heterocycles. The number of aryl methyl sites for hydroxylation is 1. The number of amides is 1. The molecule has 1 aromatic heterocycles. The average molecular weight is 341 g/mol. The van der Waals surface area contributed by atoms with Crippen molar-refractivity contribution in [3.05, 3.63) is 75.6 Å². The van der Waals surface area contributed by atoms with E-state index in [2.05, 4.69) is 10.3 Å². The number of nitrogens with zero attached hydrogens (tertiary/aromatic N) is 2. The third-order valence-electron chi connectivity index (χ3n) is 3.41. The minimum atomic E-state index is -0.481. The Morgan fingerprint density at radius 1 is 1.36 bits per heavy atom. The molecule has 7 nitrogen and oxygen atoms in total. The molecular formula is C18H19N3O4. The predicted octanol–water partition coefficient (Wildman–Crippen LogP) is 3.63. The molecule has 0 saturated carbocycles. The highest BCUT2D eigenvalue weighted by Crippen LogP contribution is 2.16. The van der Waals surface area contributed by atoms with Gasteiger partial charge in [0.05, 0.1) is 4.92 Å². The number of ether oxygens (including phenoxy) is 1. The van der Waals surface area contributed by atoms with Crippen LogP contribution < -0.4 is 5.32 Å². The van der Waals surface area contributed by atoms with Crippen molar-refractivity contribution < 1.29 is 14.5 Å². The first kappa shape index (κ1) is 18.1. The highest BCUT2D eigenvalue weighted by molar-refractivity contribution is 5.67. The van der Waals surface area contributed by atoms with Gasteiger partial charge in [-0.15, -0.1) is 0 Å². The van der Waals surface area contributed by atoms with Crippen LogP contribution in [-0.4, -0.2) is 22.5 Å². The fraction of sp³-hybridized carbons (Fsp3) is 0.222. The van der Waals surface area contributed by atoms with E-state index in [0.717, 1.165) is 5.56 Å². The Bertz CT molecular complexity index is 760. The number of carbonyl (C=O) groups is 1. The summed E-state index contributed by atoms with van der Waals surface area (Å²) in [6, 6.07) is 10.9. The van der Waals surface area contributed by atoms with E-state index in [-0.39, 0.29) is 12.3 Å². The second kappa shape index (κ2) is 9.17. The van der Waals surface area contributed by atoms with Crippen molar-refractivity contribution in [3.8, 4) is 0 Å². The first-order chi connectivity index (χ1) is 12.1. The highest BCUT2D eigenvalue weighted by atomic mass is 16.6. The van der Waals surface area contributed by atoms with Crippen LogP contribution in [0.25, 0.3) is 6.08 Å². The Hall–Kier alpha value is -3.22. The second-order valence-electron chi connectivity index (χ2n) is 5.30. The molecule has 0 aliphatic carbocycles. The summed E-state index contributed by atoms with van der Waals surface area (Å²) < 4.78 is 5.10. The number of hydrogen-bond acceptors (Lipinski definition) is 5. The van der Waals surface area contributed by atoms with Crippen LogP contribution in [0.4, 0.5) is 10.5 Å². The minimum absolute atomic E-state index is 0.0483. The summed E-state index contributed by atoms with van der Waals surface area (Å²) in [5.74, 6) is 0. The van der Waals surface area contributed by atoms with Crippen molar-refractivity contribution in [2.24, 2.45) is 0 Å². The standard InChI is InChI=1S/C18H19N3O4/c1-14-16(11-17(12-20-14)21(23)24)9-5-6-10-19-18(22)25-13-15-7-3-2-4-8-15/h2-5,7-9,11-12H,6,10,13H2,1H3,(H,19,22). The molecule has 1 N–H and O–H groups in total. The molecule has 1 aromatic carbocycles. The van der Waals surface area contributed by atoms with E-state index < -0.39 is 11.0 Å². The largest absolute Gasteiger partial charge is 0.445 e. The fourth-order valence-corrected chi connectivity index (χ4v) is 2.05. The highest BCUT2D eigenvalue weighted by Gasteiger charge is 2.07. The molecule has 1 amide bonds. The summed E-state index contributed by atoms with van der Waals surface area (Å²) in [4.78, 5) is 25.9. The molecule has 0 radical (unpaired) electrons. The van der Waals surface area contributed by atoms with Gasteiger partial charge in [-0.3, -0.25) is 15.1 Å². The molecule has 130 valence electrons. The number of aromatic nitrogens is 1. The number of hydrogen-bond donors (Lipinski definition) is 1. The van der Waals surface area contributed by atoms with Crippen LogP contribution in [-0.2, 0) is 11.3 Å². The average Bonchev–Trinajstić information content (AvgIpc) is 2.61. The molecule has 2 aromatic rings. The van der Waals surface area contributed by atoms with E-state index in [0.29, 0.717) is 24.2 Å². The maximum atomic E-state index is 11.6. The molecule has 0 fully saturated rings. The van der Waals surface area contributed by atoms with Gasteiger partial charge in [-0.1, -0.05) is 42.5 Å². The maximum Gasteiger partial charge on any atom is 0.407 e. The van der Waals surface area contributed by atoms with Crippen LogP contribution in [0.15, 0.2) is 48.7 Å². The molecule has 1 heterocycles. The van der Waals surface area contributed by atoms with Crippen molar-refractivity contribution in [1.29, 1.82) is 0 Å². The fourth-order valence-electron chi connectivity index (χ4n) is 2.05. The molecule has 2 rings (SSSR count). The third-order valence-corrected chi connectivity index (χ3v) is 3.41. The normalized spacial score (nSPS) is 10.6. The summed E-state index contributed by atoms with van der Waals surface area (Å²) >= 11 is 0. The lowest BCUT2D eigenvalue weighted by atomic mass is 10.1. The van der Waals surface area contributed by atoms with Crippen LogP contribution in [0.5, 0.6) is 0 Å². The van der Waals surface area contributed by atoms with Crippen LogP contribution in [0, 0.1) is 17.0 Å². The van der Waals surface area contributed by atoms with Crippen molar-refractivity contribution in [2.75, 3.05) is 6.54 Å². The number of pyridine rings is 1. The van der Waals surface area contributed by atoms with Gasteiger partial charge in [-0.2, -0.15) is 0 Å². The van der Waals surface area contributed by atoms with Crippen molar-refractivity contribution in [1.82, 2.24) is 10.3 Å². The van der Waals surface area contributed by atoms with E-state index >= 15 is 0 Å². The summed E-state index contributed by atoms with van der Waals surface area (Å²) in [5, 5.41) is 13.4. The van der Waals surface area contributed by atoms with Gasteiger partial charge in [0.2, 0.25) is 0 Å². The maximum absolute atomic E-state index is 11.6. The lowest BCUT2D eigenvalue weighted by molar-refractivity contribution is -0.385. The SMILES string of the molecule is Cc1ncc([N+](=O)[O-])cc1C=CCCNC(=O)OCc1ccccc1. The molecule has 0 aliphatic heterocycles. The lowest BCUT2D eigenvalue weighted by Crippen LogP contribution is -2.24. The number of rotatable bonds is 7. The van der Waals surface area contributed by atoms with Crippen LogP contribution in [0.2, 0.25) is 0 Å². The smallest absolute Gasteiger partial charge is 0.407 e. The molecule has 25 heavy (non-hydrogen) atoms. The van der Waals surface area contributed by atoms with E-state index in [4.69, 9.17) is 4.74 Å². The summed E-state index contributed by atoms with van der Waals surface area (Å²) in [7, 11) is 0. The van der Waals surface area contributed by atoms with E-state index in [1.54, 1.807) is 13.0 Å². The molecule has 7 heteroatoms. The van der Waals surface area contributed by atoms with Gasteiger partial charge in [-0.25, -0.2) is 4.79 Å². The summed E-state index contributed by atoms with van der Waals surface area (Å²) in [6.45, 7) is 2.41. The third kappa shape index (κ3) is 6.06. The Morgan fingerprint density at radius 3 is 2.84 bits per heavy atom. The molecule has 0 bridgehead atoms. The zero-order valence-corrected chi connectivity index (χ0v) is 13.8. The van der Waals surface area contributed by atoms with Gasteiger partial charge in [0.1, 0.15) is 12.8 Å². The Balaban J connectivity index is 1.73. The van der Waals surface area contributed by atoms with Gasteiger partial charge in [-0.05, 0) is 18.9 Å². The summed E-state index contributed by atoms with van der Waals surface area (Å²) in [5.41, 5.74) is 2.26. The second-order valence-corrected chi connectivity index (χ2v) is 5.30. The zero-order valence-electron chi connectivity index (χ0n) is 13.8. The van der Waals surface area contributed by atoms with Gasteiger partial charge in [0, 0.05) is 23.9 Å². The summed E-state index contributed by atoms with van der Waals surface area (Å²) in [6.07, 6.45) is 4.90. The molecule has 0 spiro atoms. The van der Waals surface area contributed by atoms with Crippen LogP contribution >= 0.6 is 0 Å². The monoisotopic (exact) mass is 341 g/mol. The Labute approximate surface area is 145 Å². The van der Waals surface area contributed by atoms with E-state index in [9.17, 15) is 14.9 Å². The Morgan fingerprint density at radius 2 is 2.12 bits per heavy atom. The number of carbonyl (C=O) groups excluding carboxylic acids is 1. The number of nitrogens with one attached hydrogen (secondary N) is 1. The topological polar surface area (TPSA) is 94.4 Å². The lowest BCUT2D eigenvalue weighted by Gasteiger charge is -2.06. The molecule has 0 unspecified atom stereocenters. The quantitative estimate of drug-likeness (QED) is 0.471. The predicted molar refractivity (Wildman–Crippen MR) is 93.9 cm³/mol. The van der Waals surface area contributed by atoms with Crippen molar-refractivity contribution in [2.45, 2.75) is 20.0 Å². The van der Waals surface area contributed by atoms with Gasteiger partial charge in [0.25, 0.3) is 5.69 Å².